The molecule has 0 amide bonds. The molecule has 1 aromatic carbocycles. The van der Waals surface area contributed by atoms with Crippen molar-refractivity contribution >= 4 is 35.9 Å². The van der Waals surface area contributed by atoms with Crippen molar-refractivity contribution in [2.75, 3.05) is 40.9 Å². The van der Waals surface area contributed by atoms with Crippen LogP contribution in [0.15, 0.2) is 29.3 Å². The maximum atomic E-state index is 11.6. The molecule has 8 heteroatoms. The Morgan fingerprint density at radius 2 is 1.89 bits per heavy atom. The van der Waals surface area contributed by atoms with Gasteiger partial charge in [-0.05, 0) is 31.9 Å². The van der Waals surface area contributed by atoms with Crippen LogP contribution in [0, 0.1) is 5.92 Å². The quantitative estimate of drug-likeness (QED) is 0.286. The SMILES string of the molecule is CN=C(NCC(C)Oc1ccccc1OC)N1CCC(C(=O)OC)CC1.I. The van der Waals surface area contributed by atoms with Gasteiger partial charge in [0.25, 0.3) is 0 Å². The number of carbonyl (C=O) groups excluding carboxylic acids is 1. The predicted molar refractivity (Wildman–Crippen MR) is 116 cm³/mol. The smallest absolute Gasteiger partial charge is 0.308 e. The van der Waals surface area contributed by atoms with Crippen molar-refractivity contribution < 1.29 is 19.0 Å². The summed E-state index contributed by atoms with van der Waals surface area (Å²) in [5.74, 6) is 2.13. The van der Waals surface area contributed by atoms with Crippen LogP contribution in [0.2, 0.25) is 0 Å². The number of likely N-dealkylation sites (tertiary alicyclic amines) is 1. The van der Waals surface area contributed by atoms with Gasteiger partial charge in [-0.3, -0.25) is 9.79 Å². The highest BCUT2D eigenvalue weighted by molar-refractivity contribution is 14.0. The zero-order chi connectivity index (χ0) is 18.9. The van der Waals surface area contributed by atoms with Crippen molar-refractivity contribution in [1.82, 2.24) is 10.2 Å². The number of carbonyl (C=O) groups is 1. The van der Waals surface area contributed by atoms with Crippen LogP contribution in [-0.4, -0.2) is 63.8 Å². The first-order valence-electron chi connectivity index (χ1n) is 8.92. The number of hydrogen-bond acceptors (Lipinski definition) is 5. The summed E-state index contributed by atoms with van der Waals surface area (Å²) in [6.45, 7) is 4.17. The van der Waals surface area contributed by atoms with E-state index in [1.165, 1.54) is 7.11 Å². The molecule has 0 aromatic heterocycles. The van der Waals surface area contributed by atoms with Crippen molar-refractivity contribution in [2.24, 2.45) is 10.9 Å². The summed E-state index contributed by atoms with van der Waals surface area (Å²) in [7, 11) is 4.84. The fourth-order valence-corrected chi connectivity index (χ4v) is 3.04. The molecule has 1 saturated heterocycles. The number of esters is 1. The Kier molecular flexibility index (Phi) is 10.3. The van der Waals surface area contributed by atoms with Gasteiger partial charge in [-0.2, -0.15) is 0 Å². The first kappa shape index (κ1) is 23.3. The number of nitrogens with one attached hydrogen (secondary N) is 1. The predicted octanol–water partition coefficient (Wildman–Crippen LogP) is 2.54. The van der Waals surface area contributed by atoms with E-state index in [2.05, 4.69) is 15.2 Å². The van der Waals surface area contributed by atoms with Crippen LogP contribution >= 0.6 is 24.0 Å². The first-order chi connectivity index (χ1) is 12.6. The van der Waals surface area contributed by atoms with Crippen LogP contribution < -0.4 is 14.8 Å². The molecule has 1 aliphatic heterocycles. The zero-order valence-corrected chi connectivity index (χ0v) is 18.8. The van der Waals surface area contributed by atoms with Gasteiger partial charge in [-0.25, -0.2) is 0 Å². The Morgan fingerprint density at radius 3 is 2.44 bits per heavy atom. The summed E-state index contributed by atoms with van der Waals surface area (Å²) < 4.78 is 16.1. The Hall–Kier alpha value is -1.71. The first-order valence-corrected chi connectivity index (χ1v) is 8.92. The Morgan fingerprint density at radius 1 is 1.26 bits per heavy atom. The number of piperidine rings is 1. The van der Waals surface area contributed by atoms with Gasteiger partial charge in [0.1, 0.15) is 6.10 Å². The lowest BCUT2D eigenvalue weighted by Crippen LogP contribution is -2.48. The van der Waals surface area contributed by atoms with E-state index in [-0.39, 0.29) is 42.0 Å². The summed E-state index contributed by atoms with van der Waals surface area (Å²) >= 11 is 0. The molecule has 1 aromatic rings. The second kappa shape index (κ2) is 11.9. The molecule has 27 heavy (non-hydrogen) atoms. The van der Waals surface area contributed by atoms with Crippen LogP contribution in [0.5, 0.6) is 11.5 Å². The average molecular weight is 491 g/mol. The summed E-state index contributed by atoms with van der Waals surface area (Å²) in [6, 6.07) is 7.60. The molecule has 0 saturated carbocycles. The molecule has 1 fully saturated rings. The number of hydrogen-bond donors (Lipinski definition) is 1. The maximum Gasteiger partial charge on any atom is 0.308 e. The second-order valence-electron chi connectivity index (χ2n) is 6.29. The minimum absolute atomic E-state index is 0. The lowest BCUT2D eigenvalue weighted by Gasteiger charge is -2.33. The van der Waals surface area contributed by atoms with Crippen LogP contribution in [0.1, 0.15) is 19.8 Å². The molecule has 7 nitrogen and oxygen atoms in total. The molecule has 2 rings (SSSR count). The number of guanidine groups is 1. The van der Waals surface area contributed by atoms with E-state index in [1.54, 1.807) is 14.2 Å². The molecule has 1 N–H and O–H groups in total. The van der Waals surface area contributed by atoms with E-state index in [0.717, 1.165) is 37.6 Å². The molecule has 1 aliphatic rings. The third-order valence-electron chi connectivity index (χ3n) is 4.49. The molecule has 0 spiro atoms. The topological polar surface area (TPSA) is 72.4 Å². The number of halogens is 1. The van der Waals surface area contributed by atoms with Gasteiger partial charge >= 0.3 is 5.97 Å². The van der Waals surface area contributed by atoms with Crippen LogP contribution in [-0.2, 0) is 9.53 Å². The fraction of sp³-hybridized carbons (Fsp3) is 0.579. The highest BCUT2D eigenvalue weighted by Crippen LogP contribution is 2.26. The van der Waals surface area contributed by atoms with Crippen LogP contribution in [0.4, 0.5) is 0 Å². The Bertz CT molecular complexity index is 619. The highest BCUT2D eigenvalue weighted by Gasteiger charge is 2.27. The van der Waals surface area contributed by atoms with Crippen LogP contribution in [0.25, 0.3) is 0 Å². The summed E-state index contributed by atoms with van der Waals surface area (Å²) in [4.78, 5) is 18.2. The largest absolute Gasteiger partial charge is 0.493 e. The normalized spacial score (nSPS) is 16.1. The third-order valence-corrected chi connectivity index (χ3v) is 4.49. The number of ether oxygens (including phenoxy) is 3. The number of para-hydroxylation sites is 2. The van der Waals surface area contributed by atoms with Gasteiger partial charge in [0, 0.05) is 20.1 Å². The lowest BCUT2D eigenvalue weighted by molar-refractivity contribution is -0.146. The van der Waals surface area contributed by atoms with Gasteiger partial charge in [0.15, 0.2) is 17.5 Å². The van der Waals surface area contributed by atoms with Crippen molar-refractivity contribution in [3.05, 3.63) is 24.3 Å². The van der Waals surface area contributed by atoms with E-state index in [1.807, 2.05) is 31.2 Å². The molecule has 1 atom stereocenters. The molecule has 0 bridgehead atoms. The monoisotopic (exact) mass is 491 g/mol. The van der Waals surface area contributed by atoms with E-state index < -0.39 is 0 Å². The van der Waals surface area contributed by atoms with Crippen molar-refractivity contribution in [3.63, 3.8) is 0 Å². The standard InChI is InChI=1S/C19H29N3O4.HI/c1-14(26-17-8-6-5-7-16(17)24-3)13-21-19(20-2)22-11-9-15(10-12-22)18(23)25-4;/h5-8,14-15H,9-13H2,1-4H3,(H,20,21);1H. The Balaban J connectivity index is 0.00000364. The van der Waals surface area contributed by atoms with Crippen molar-refractivity contribution in [3.8, 4) is 11.5 Å². The second-order valence-corrected chi connectivity index (χ2v) is 6.29. The van der Waals surface area contributed by atoms with E-state index >= 15 is 0 Å². The van der Waals surface area contributed by atoms with Crippen LogP contribution in [0.3, 0.4) is 0 Å². The molecule has 1 heterocycles. The molecular formula is C19H30IN3O4. The zero-order valence-electron chi connectivity index (χ0n) is 16.4. The third kappa shape index (κ3) is 6.75. The van der Waals surface area contributed by atoms with E-state index in [4.69, 9.17) is 14.2 Å². The van der Waals surface area contributed by atoms with Crippen molar-refractivity contribution in [1.29, 1.82) is 0 Å². The minimum atomic E-state index is -0.119. The molecule has 0 aliphatic carbocycles. The van der Waals surface area contributed by atoms with Crippen molar-refractivity contribution in [2.45, 2.75) is 25.9 Å². The number of benzene rings is 1. The molecular weight excluding hydrogens is 461 g/mol. The van der Waals surface area contributed by atoms with Gasteiger partial charge in [-0.15, -0.1) is 24.0 Å². The number of methoxy groups -OCH3 is 2. The fourth-order valence-electron chi connectivity index (χ4n) is 3.04. The van der Waals surface area contributed by atoms with E-state index in [0.29, 0.717) is 12.3 Å². The maximum absolute atomic E-state index is 11.6. The summed E-state index contributed by atoms with van der Waals surface area (Å²) in [5.41, 5.74) is 0. The Labute approximate surface area is 178 Å². The molecule has 152 valence electrons. The number of nitrogens with zero attached hydrogens (tertiary/aromatic N) is 2. The summed E-state index contributed by atoms with van der Waals surface area (Å²) in [6.07, 6.45) is 1.50. The number of rotatable bonds is 6. The van der Waals surface area contributed by atoms with Gasteiger partial charge in [0.05, 0.1) is 26.7 Å². The summed E-state index contributed by atoms with van der Waals surface area (Å²) in [5, 5.41) is 3.35. The van der Waals surface area contributed by atoms with Gasteiger partial charge in [0.2, 0.25) is 0 Å². The molecule has 0 radical (unpaired) electrons. The van der Waals surface area contributed by atoms with E-state index in [9.17, 15) is 4.79 Å². The average Bonchev–Trinajstić information content (AvgIpc) is 2.68. The molecule has 1 unspecified atom stereocenters. The highest BCUT2D eigenvalue weighted by atomic mass is 127. The lowest BCUT2D eigenvalue weighted by atomic mass is 9.97. The van der Waals surface area contributed by atoms with Gasteiger partial charge < -0.3 is 24.4 Å². The number of aliphatic imine (C=N–C) groups is 1. The minimum Gasteiger partial charge on any atom is -0.493 e. The van der Waals surface area contributed by atoms with Gasteiger partial charge in [-0.1, -0.05) is 12.1 Å².